The quantitative estimate of drug-likeness (QED) is 0.220. The minimum Gasteiger partial charge on any atom is -0.479 e. The van der Waals surface area contributed by atoms with Crippen LogP contribution in [0.2, 0.25) is 0 Å². The first kappa shape index (κ1) is 33.3. The number of hydrogen-bond donors (Lipinski definition) is 1. The zero-order valence-corrected chi connectivity index (χ0v) is 24.1. The molecule has 2 aromatic rings. The minimum absolute atomic E-state index is 0.00249. The van der Waals surface area contributed by atoms with Gasteiger partial charge in [0.1, 0.15) is 18.8 Å². The molecule has 2 amide bonds. The summed E-state index contributed by atoms with van der Waals surface area (Å²) >= 11 is 0. The van der Waals surface area contributed by atoms with E-state index < -0.39 is 76.9 Å². The molecule has 1 N–H and O–H groups in total. The third kappa shape index (κ3) is 9.97. The second-order valence-corrected chi connectivity index (χ2v) is 11.0. The molecule has 0 spiro atoms. The van der Waals surface area contributed by atoms with Crippen LogP contribution >= 0.6 is 0 Å². The zero-order valence-electron chi connectivity index (χ0n) is 24.1. The molecular weight excluding hydrogens is 576 g/mol. The number of esters is 1. The highest BCUT2D eigenvalue weighted by molar-refractivity contribution is 5.91. The molecule has 1 heterocycles. The lowest BCUT2D eigenvalue weighted by molar-refractivity contribution is -0.155. The maximum atomic E-state index is 14.0. The Morgan fingerprint density at radius 1 is 0.977 bits per heavy atom. The molecule has 1 aliphatic rings. The summed E-state index contributed by atoms with van der Waals surface area (Å²) in [6.45, 7) is 4.42. The topological polar surface area (TPSA) is 111 Å². The smallest absolute Gasteiger partial charge is 0.410 e. The number of ketones is 1. The second-order valence-electron chi connectivity index (χ2n) is 11.0. The van der Waals surface area contributed by atoms with Crippen molar-refractivity contribution >= 4 is 23.8 Å². The van der Waals surface area contributed by atoms with E-state index in [2.05, 4.69) is 5.32 Å². The molecule has 0 aromatic heterocycles. The van der Waals surface area contributed by atoms with Gasteiger partial charge >= 0.3 is 12.1 Å². The molecule has 2 aromatic carbocycles. The fourth-order valence-corrected chi connectivity index (χ4v) is 4.31. The molecule has 1 atom stereocenters. The molecule has 13 heteroatoms. The Morgan fingerprint density at radius 3 is 2.16 bits per heavy atom. The van der Waals surface area contributed by atoms with Crippen LogP contribution in [0.15, 0.2) is 36.4 Å². The summed E-state index contributed by atoms with van der Waals surface area (Å²) in [5.74, 6) is -11.2. The first-order valence-corrected chi connectivity index (χ1v) is 13.7. The Labute approximate surface area is 246 Å². The van der Waals surface area contributed by atoms with Crippen LogP contribution in [0, 0.1) is 29.2 Å². The van der Waals surface area contributed by atoms with E-state index >= 15 is 0 Å². The zero-order chi connectivity index (χ0) is 31.7. The Kier molecular flexibility index (Phi) is 11.5. The Hall–Kier alpha value is -4.16. The number of carbonyl (C=O) groups excluding carboxylic acids is 4. The lowest BCUT2D eigenvalue weighted by Crippen LogP contribution is -2.48. The van der Waals surface area contributed by atoms with Crippen molar-refractivity contribution in [1.29, 1.82) is 0 Å². The molecule has 1 aliphatic heterocycles. The third-order valence-electron chi connectivity index (χ3n) is 6.52. The lowest BCUT2D eigenvalue weighted by Gasteiger charge is -2.31. The molecule has 1 saturated heterocycles. The van der Waals surface area contributed by atoms with Gasteiger partial charge in [0.25, 0.3) is 0 Å². The van der Waals surface area contributed by atoms with Gasteiger partial charge in [-0.3, -0.25) is 14.4 Å². The first-order chi connectivity index (χ1) is 20.2. The summed E-state index contributed by atoms with van der Waals surface area (Å²) in [4.78, 5) is 52.2. The van der Waals surface area contributed by atoms with Gasteiger partial charge < -0.3 is 24.4 Å². The number of halogens is 4. The molecule has 0 bridgehead atoms. The van der Waals surface area contributed by atoms with Crippen molar-refractivity contribution in [2.24, 2.45) is 5.92 Å². The van der Waals surface area contributed by atoms with Gasteiger partial charge in [0.2, 0.25) is 17.5 Å². The van der Waals surface area contributed by atoms with Gasteiger partial charge in [-0.1, -0.05) is 30.3 Å². The van der Waals surface area contributed by atoms with E-state index in [4.69, 9.17) is 14.2 Å². The normalized spacial score (nSPS) is 14.5. The fraction of sp³-hybridized carbons (Fsp3) is 0.467. The molecule has 0 radical (unpaired) electrons. The van der Waals surface area contributed by atoms with Crippen LogP contribution in [0.4, 0.5) is 22.4 Å². The standard InChI is InChI=1S/C30H34F4N2O7/c1-30(2,3)43-24(38)10-9-22(23(37)17-41-27-25(33)20(31)15-21(32)26(27)34)35-28(39)19-11-13-36(14-12-19)29(40)42-16-18-7-5-4-6-8-18/h4-8,15,19,22H,9-14,16-17H2,1-3H3,(H,35,39)/t22-/m0/s1. The second kappa shape index (κ2) is 14.8. The molecule has 0 aliphatic carbocycles. The van der Waals surface area contributed by atoms with Crippen LogP contribution in [-0.2, 0) is 30.5 Å². The maximum absolute atomic E-state index is 14.0. The maximum Gasteiger partial charge on any atom is 0.410 e. The number of ether oxygens (including phenoxy) is 3. The highest BCUT2D eigenvalue weighted by Gasteiger charge is 2.32. The van der Waals surface area contributed by atoms with E-state index in [0.29, 0.717) is 0 Å². The van der Waals surface area contributed by atoms with Gasteiger partial charge in [-0.15, -0.1) is 0 Å². The first-order valence-electron chi connectivity index (χ1n) is 13.7. The van der Waals surface area contributed by atoms with Crippen molar-refractivity contribution < 1.29 is 51.0 Å². The Morgan fingerprint density at radius 2 is 1.58 bits per heavy atom. The summed E-state index contributed by atoms with van der Waals surface area (Å²) in [5, 5.41) is 2.54. The van der Waals surface area contributed by atoms with Crippen molar-refractivity contribution in [2.45, 2.75) is 64.7 Å². The Balaban J connectivity index is 1.60. The number of benzene rings is 2. The number of carbonyl (C=O) groups is 4. The van der Waals surface area contributed by atoms with Gasteiger partial charge in [-0.25, -0.2) is 13.6 Å². The van der Waals surface area contributed by atoms with Crippen LogP contribution in [0.5, 0.6) is 5.75 Å². The number of likely N-dealkylation sites (tertiary alicyclic amines) is 1. The fourth-order valence-electron chi connectivity index (χ4n) is 4.31. The monoisotopic (exact) mass is 610 g/mol. The van der Waals surface area contributed by atoms with E-state index in [0.717, 1.165) is 5.56 Å². The van der Waals surface area contributed by atoms with Crippen LogP contribution in [0.3, 0.4) is 0 Å². The molecule has 234 valence electrons. The molecular formula is C30H34F4N2O7. The van der Waals surface area contributed by atoms with Crippen molar-refractivity contribution in [1.82, 2.24) is 10.2 Å². The van der Waals surface area contributed by atoms with E-state index in [1.807, 2.05) is 30.3 Å². The van der Waals surface area contributed by atoms with E-state index in [9.17, 15) is 36.7 Å². The highest BCUT2D eigenvalue weighted by atomic mass is 19.2. The summed E-state index contributed by atoms with van der Waals surface area (Å²) < 4.78 is 70.4. The largest absolute Gasteiger partial charge is 0.479 e. The third-order valence-corrected chi connectivity index (χ3v) is 6.52. The van der Waals surface area contributed by atoms with Crippen LogP contribution in [0.1, 0.15) is 52.0 Å². The SMILES string of the molecule is CC(C)(C)OC(=O)CC[C@H](NC(=O)C1CCN(C(=O)OCc2ccccc2)CC1)C(=O)COc1c(F)c(F)cc(F)c1F. The molecule has 43 heavy (non-hydrogen) atoms. The number of rotatable bonds is 11. The molecule has 1 fully saturated rings. The number of hydrogen-bond acceptors (Lipinski definition) is 7. The molecule has 3 rings (SSSR count). The summed E-state index contributed by atoms with van der Waals surface area (Å²) in [6, 6.07) is 7.77. The van der Waals surface area contributed by atoms with Gasteiger partial charge in [-0.2, -0.15) is 8.78 Å². The predicted octanol–water partition coefficient (Wildman–Crippen LogP) is 4.85. The number of nitrogens with zero attached hydrogens (tertiary/aromatic N) is 1. The highest BCUT2D eigenvalue weighted by Crippen LogP contribution is 2.27. The summed E-state index contributed by atoms with van der Waals surface area (Å²) in [6.07, 6.45) is -0.547. The van der Waals surface area contributed by atoms with E-state index in [1.165, 1.54) is 4.90 Å². The lowest BCUT2D eigenvalue weighted by atomic mass is 9.95. The average Bonchev–Trinajstić information content (AvgIpc) is 2.96. The van der Waals surface area contributed by atoms with Gasteiger partial charge in [0.15, 0.2) is 23.2 Å². The number of nitrogens with one attached hydrogen (secondary N) is 1. The molecule has 0 saturated carbocycles. The predicted molar refractivity (Wildman–Crippen MR) is 145 cm³/mol. The minimum atomic E-state index is -1.82. The van der Waals surface area contributed by atoms with Crippen LogP contribution in [0.25, 0.3) is 0 Å². The van der Waals surface area contributed by atoms with Gasteiger partial charge in [0.05, 0.1) is 6.04 Å². The average molecular weight is 611 g/mol. The molecule has 0 unspecified atom stereocenters. The van der Waals surface area contributed by atoms with Crippen molar-refractivity contribution in [3.63, 3.8) is 0 Å². The van der Waals surface area contributed by atoms with Crippen molar-refractivity contribution in [3.8, 4) is 5.75 Å². The number of amides is 2. The van der Waals surface area contributed by atoms with Crippen LogP contribution < -0.4 is 10.1 Å². The summed E-state index contributed by atoms with van der Waals surface area (Å²) in [7, 11) is 0. The van der Waals surface area contributed by atoms with Crippen molar-refractivity contribution in [2.75, 3.05) is 19.7 Å². The van der Waals surface area contributed by atoms with Crippen LogP contribution in [-0.4, -0.2) is 60.0 Å². The van der Waals surface area contributed by atoms with E-state index in [1.54, 1.807) is 20.8 Å². The van der Waals surface area contributed by atoms with E-state index in [-0.39, 0.29) is 51.4 Å². The number of Topliss-reactive ketones (excluding diaryl/α,β-unsaturated/α-hetero) is 1. The number of piperidine rings is 1. The van der Waals surface area contributed by atoms with Gasteiger partial charge in [0, 0.05) is 31.5 Å². The van der Waals surface area contributed by atoms with Crippen molar-refractivity contribution in [3.05, 3.63) is 65.2 Å². The van der Waals surface area contributed by atoms with Gasteiger partial charge in [-0.05, 0) is 45.6 Å². The molecule has 9 nitrogen and oxygen atoms in total. The summed E-state index contributed by atoms with van der Waals surface area (Å²) in [5.41, 5.74) is 0.0135. The Bertz CT molecular complexity index is 1280.